The molecule has 0 N–H and O–H groups in total. The zero-order chi connectivity index (χ0) is 18.4. The molecular weight excluding hydrogens is 320 g/mol. The molecule has 0 unspecified atom stereocenters. The first-order valence-electron chi connectivity index (χ1n) is 8.44. The van der Waals surface area contributed by atoms with Crippen molar-refractivity contribution in [3.05, 3.63) is 35.0 Å². The topological polar surface area (TPSA) is 68.7 Å². The lowest BCUT2D eigenvalue weighted by Gasteiger charge is -2.33. The molecular formula is C19H24N2O4. The molecule has 6 nitrogen and oxygen atoms in total. The second-order valence-electron chi connectivity index (χ2n) is 7.50. The lowest BCUT2D eigenvalue weighted by Crippen LogP contribution is -2.36. The van der Waals surface area contributed by atoms with Gasteiger partial charge >= 0.3 is 11.9 Å². The van der Waals surface area contributed by atoms with Crippen LogP contribution in [-0.4, -0.2) is 37.1 Å². The highest BCUT2D eigenvalue weighted by Gasteiger charge is 2.41. The fraction of sp³-hybridized carbons (Fsp3) is 0.526. The van der Waals surface area contributed by atoms with Crippen LogP contribution in [0.5, 0.6) is 0 Å². The average Bonchev–Trinajstić information content (AvgIpc) is 2.83. The van der Waals surface area contributed by atoms with Gasteiger partial charge in [-0.2, -0.15) is 0 Å². The lowest BCUT2D eigenvalue weighted by molar-refractivity contribution is -0.148. The highest BCUT2D eigenvalue weighted by molar-refractivity contribution is 5.99. The molecule has 0 saturated heterocycles. The van der Waals surface area contributed by atoms with E-state index >= 15 is 0 Å². The summed E-state index contributed by atoms with van der Waals surface area (Å²) in [6, 6.07) is 1.84. The predicted octanol–water partition coefficient (Wildman–Crippen LogP) is 2.82. The monoisotopic (exact) mass is 344 g/mol. The number of esters is 2. The van der Waals surface area contributed by atoms with Crippen molar-refractivity contribution in [2.45, 2.75) is 39.7 Å². The number of carbonyl (C=O) groups excluding carboxylic acids is 2. The molecule has 2 aliphatic rings. The van der Waals surface area contributed by atoms with E-state index < -0.39 is 11.0 Å². The first-order valence-corrected chi connectivity index (χ1v) is 8.44. The van der Waals surface area contributed by atoms with Crippen LogP contribution < -0.4 is 4.90 Å². The summed E-state index contributed by atoms with van der Waals surface area (Å²) in [6.07, 6.45) is 4.47. The number of pyridine rings is 1. The van der Waals surface area contributed by atoms with Crippen LogP contribution in [0.1, 0.15) is 50.0 Å². The quantitative estimate of drug-likeness (QED) is 0.620. The standard InChI is InChI=1S/C19H24N2O4/c1-18(2,17(23)24-5)12-7-10-21(11-8-12)15-14-13(6-9-20-15)19(3,4)25-16(14)22/h6-7,9H,8,10-11H2,1-5H3. The molecule has 3 heterocycles. The molecule has 0 aliphatic carbocycles. The molecule has 2 aliphatic heterocycles. The number of aromatic nitrogens is 1. The summed E-state index contributed by atoms with van der Waals surface area (Å²) in [5.41, 5.74) is 1.19. The third kappa shape index (κ3) is 2.79. The van der Waals surface area contributed by atoms with E-state index in [9.17, 15) is 9.59 Å². The summed E-state index contributed by atoms with van der Waals surface area (Å²) in [7, 11) is 1.41. The predicted molar refractivity (Wildman–Crippen MR) is 93.4 cm³/mol. The second-order valence-corrected chi connectivity index (χ2v) is 7.50. The minimum atomic E-state index is -0.645. The highest BCUT2D eigenvalue weighted by atomic mass is 16.6. The third-order valence-electron chi connectivity index (χ3n) is 5.14. The molecule has 0 aromatic carbocycles. The van der Waals surface area contributed by atoms with Crippen molar-refractivity contribution in [1.82, 2.24) is 4.98 Å². The summed E-state index contributed by atoms with van der Waals surface area (Å²) in [6.45, 7) is 8.79. The average molecular weight is 344 g/mol. The first-order chi connectivity index (χ1) is 11.7. The van der Waals surface area contributed by atoms with Crippen LogP contribution in [0, 0.1) is 5.41 Å². The smallest absolute Gasteiger partial charge is 0.343 e. The van der Waals surface area contributed by atoms with Crippen molar-refractivity contribution in [1.29, 1.82) is 0 Å². The van der Waals surface area contributed by atoms with Gasteiger partial charge in [0.1, 0.15) is 17.0 Å². The Hall–Kier alpha value is -2.37. The number of hydrogen-bond donors (Lipinski definition) is 0. The largest absolute Gasteiger partial charge is 0.468 e. The molecule has 6 heteroatoms. The van der Waals surface area contributed by atoms with Gasteiger partial charge in [-0.15, -0.1) is 0 Å². The van der Waals surface area contributed by atoms with Crippen LogP contribution in [0.4, 0.5) is 5.82 Å². The summed E-state index contributed by atoms with van der Waals surface area (Å²) in [5.74, 6) is 0.0864. The van der Waals surface area contributed by atoms with Crippen molar-refractivity contribution in [2.24, 2.45) is 5.41 Å². The van der Waals surface area contributed by atoms with Crippen molar-refractivity contribution in [3.8, 4) is 0 Å². The summed E-state index contributed by atoms with van der Waals surface area (Å²) >= 11 is 0. The minimum absolute atomic E-state index is 0.240. The number of ether oxygens (including phenoxy) is 2. The molecule has 0 bridgehead atoms. The maximum absolute atomic E-state index is 12.3. The Kier molecular flexibility index (Phi) is 4.09. The number of fused-ring (bicyclic) bond motifs is 1. The van der Waals surface area contributed by atoms with Gasteiger partial charge < -0.3 is 14.4 Å². The van der Waals surface area contributed by atoms with E-state index in [1.54, 1.807) is 6.20 Å². The maximum atomic E-state index is 12.3. The molecule has 0 radical (unpaired) electrons. The fourth-order valence-corrected chi connectivity index (χ4v) is 3.55. The van der Waals surface area contributed by atoms with Crippen molar-refractivity contribution in [2.75, 3.05) is 25.1 Å². The number of cyclic esters (lactones) is 1. The van der Waals surface area contributed by atoms with Gasteiger partial charge in [0.05, 0.1) is 12.5 Å². The lowest BCUT2D eigenvalue weighted by atomic mass is 9.81. The molecule has 1 aromatic heterocycles. The van der Waals surface area contributed by atoms with E-state index in [0.29, 0.717) is 30.9 Å². The molecule has 0 spiro atoms. The Bertz CT molecular complexity index is 765. The number of hydrogen-bond acceptors (Lipinski definition) is 6. The number of rotatable bonds is 3. The van der Waals surface area contributed by atoms with Gasteiger partial charge in [0.25, 0.3) is 0 Å². The Balaban J connectivity index is 1.89. The summed E-state index contributed by atoms with van der Waals surface area (Å²) in [5, 5.41) is 0. The van der Waals surface area contributed by atoms with Gasteiger partial charge in [-0.05, 0) is 40.2 Å². The van der Waals surface area contributed by atoms with E-state index in [2.05, 4.69) is 9.88 Å². The Morgan fingerprint density at radius 2 is 2.12 bits per heavy atom. The van der Waals surface area contributed by atoms with E-state index in [0.717, 1.165) is 11.1 Å². The van der Waals surface area contributed by atoms with Gasteiger partial charge in [0, 0.05) is 24.8 Å². The van der Waals surface area contributed by atoms with Crippen LogP contribution in [0.15, 0.2) is 23.9 Å². The fourth-order valence-electron chi connectivity index (χ4n) is 3.55. The molecule has 0 saturated carbocycles. The summed E-state index contributed by atoms with van der Waals surface area (Å²) < 4.78 is 10.4. The Morgan fingerprint density at radius 1 is 1.40 bits per heavy atom. The van der Waals surface area contributed by atoms with Crippen LogP contribution in [0.2, 0.25) is 0 Å². The van der Waals surface area contributed by atoms with Gasteiger partial charge in [-0.3, -0.25) is 4.79 Å². The van der Waals surface area contributed by atoms with Crippen molar-refractivity contribution in [3.63, 3.8) is 0 Å². The van der Waals surface area contributed by atoms with Gasteiger partial charge in [-0.25, -0.2) is 9.78 Å². The summed E-state index contributed by atoms with van der Waals surface area (Å²) in [4.78, 5) is 30.8. The minimum Gasteiger partial charge on any atom is -0.468 e. The molecule has 3 rings (SSSR count). The number of anilines is 1. The van der Waals surface area contributed by atoms with Gasteiger partial charge in [-0.1, -0.05) is 11.6 Å². The Labute approximate surface area is 147 Å². The zero-order valence-corrected chi connectivity index (χ0v) is 15.4. The van der Waals surface area contributed by atoms with Gasteiger partial charge in [0.15, 0.2) is 0 Å². The number of nitrogens with zero attached hydrogens (tertiary/aromatic N) is 2. The van der Waals surface area contributed by atoms with Crippen LogP contribution >= 0.6 is 0 Å². The van der Waals surface area contributed by atoms with Crippen LogP contribution in [0.25, 0.3) is 0 Å². The van der Waals surface area contributed by atoms with E-state index in [4.69, 9.17) is 9.47 Å². The molecule has 0 fully saturated rings. The zero-order valence-electron chi connectivity index (χ0n) is 15.4. The molecule has 1 aromatic rings. The molecule has 0 amide bonds. The highest BCUT2D eigenvalue weighted by Crippen LogP contribution is 2.40. The normalized spacial score (nSPS) is 19.2. The van der Waals surface area contributed by atoms with E-state index in [-0.39, 0.29) is 11.9 Å². The number of carbonyl (C=O) groups is 2. The SMILES string of the molecule is COC(=O)C(C)(C)C1=CCN(c2nccc3c2C(=O)OC3(C)C)CC1. The molecule has 0 atom stereocenters. The first kappa shape index (κ1) is 17.5. The van der Waals surface area contributed by atoms with Crippen molar-refractivity contribution < 1.29 is 19.1 Å². The van der Waals surface area contributed by atoms with E-state index in [1.165, 1.54) is 7.11 Å². The maximum Gasteiger partial charge on any atom is 0.343 e. The second kappa shape index (κ2) is 5.86. The van der Waals surface area contributed by atoms with Crippen LogP contribution in [0.3, 0.4) is 0 Å². The van der Waals surface area contributed by atoms with Crippen LogP contribution in [-0.2, 0) is 19.9 Å². The molecule has 25 heavy (non-hydrogen) atoms. The third-order valence-corrected chi connectivity index (χ3v) is 5.14. The van der Waals surface area contributed by atoms with E-state index in [1.807, 2.05) is 39.8 Å². The number of methoxy groups -OCH3 is 1. The van der Waals surface area contributed by atoms with Gasteiger partial charge in [0.2, 0.25) is 0 Å². The van der Waals surface area contributed by atoms with Crippen molar-refractivity contribution >= 4 is 17.8 Å². The Morgan fingerprint density at radius 3 is 2.72 bits per heavy atom. The molecule has 134 valence electrons.